The van der Waals surface area contributed by atoms with Gasteiger partial charge in [-0.25, -0.2) is 11.2 Å². The summed E-state index contributed by atoms with van der Waals surface area (Å²) in [6.07, 6.45) is 12.7. The maximum absolute atomic E-state index is 10.6. The van der Waals surface area contributed by atoms with Crippen molar-refractivity contribution in [2.24, 2.45) is 10.4 Å². The van der Waals surface area contributed by atoms with E-state index in [1.807, 2.05) is 32.1 Å². The zero-order valence-electron chi connectivity index (χ0n) is 21.0. The quantitative estimate of drug-likeness (QED) is 0.287. The maximum atomic E-state index is 10.6. The standard InChI is InChI=1S/C18H29NOSi.C5H5.C2HF3O2.Fe.Pd/c1-7-21(8-2,9-3)15-12-10-11-14(15)17-19-16(13-20-17)18(4,5)6;1-2-4-5-3-1;3-2(4,5)1(6)7;;/h10,12,16H,7-9,13H2,1-6H3;1-5H;(H,6,7);;/q-1;;;;/t16-;;;;/m1..../s1. The van der Waals surface area contributed by atoms with Crippen molar-refractivity contribution in [2.75, 3.05) is 6.61 Å². The molecule has 2 fully saturated rings. The molecule has 1 aliphatic heterocycles. The summed E-state index contributed by atoms with van der Waals surface area (Å²) in [6.45, 7) is 14.4. The molecule has 202 valence electrons. The third kappa shape index (κ3) is 11.6. The number of carboxylic acid groups (broad SMARTS) is 1. The summed E-state index contributed by atoms with van der Waals surface area (Å²) in [7, 11) is -1.41. The first-order valence-electron chi connectivity index (χ1n) is 11.2. The van der Waals surface area contributed by atoms with Crippen molar-refractivity contribution < 1.29 is 65.3 Å². The summed E-state index contributed by atoms with van der Waals surface area (Å²) in [5.41, 5.74) is 1.66. The number of hydrogen-bond acceptors (Lipinski definition) is 3. The largest absolute Gasteiger partial charge is 0.490 e. The van der Waals surface area contributed by atoms with Gasteiger partial charge in [0.15, 0.2) is 5.90 Å². The monoisotopic (exact) mass is 644 g/mol. The van der Waals surface area contributed by atoms with E-state index in [-0.39, 0.29) is 48.9 Å². The Morgan fingerprint density at radius 3 is 1.83 bits per heavy atom. The fraction of sp³-hybridized carbons (Fsp3) is 0.520. The van der Waals surface area contributed by atoms with Gasteiger partial charge in [0.25, 0.3) is 0 Å². The molecule has 1 heterocycles. The molecule has 1 N–H and O–H groups in total. The first-order valence-corrected chi connectivity index (χ1v) is 13.8. The Hall–Kier alpha value is 0.129. The van der Waals surface area contributed by atoms with Gasteiger partial charge < -0.3 is 16.3 Å². The van der Waals surface area contributed by atoms with E-state index < -0.39 is 20.2 Å². The van der Waals surface area contributed by atoms with Gasteiger partial charge >= 0.3 is 12.1 Å². The Labute approximate surface area is 236 Å². The molecule has 0 bridgehead atoms. The van der Waals surface area contributed by atoms with Gasteiger partial charge in [-0.2, -0.15) is 13.2 Å². The van der Waals surface area contributed by atoms with Crippen molar-refractivity contribution in [1.82, 2.24) is 0 Å². The van der Waals surface area contributed by atoms with Gasteiger partial charge in [0.1, 0.15) is 6.61 Å². The first kappa shape index (κ1) is 37.3. The summed E-state index contributed by atoms with van der Waals surface area (Å²) in [5.74, 6) is -0.770. The molecular weight excluding hydrogens is 610 g/mol. The van der Waals surface area contributed by atoms with Crippen molar-refractivity contribution in [3.05, 3.63) is 62.8 Å². The molecule has 2 aliphatic carbocycles. The van der Waals surface area contributed by atoms with Crippen LogP contribution in [0.15, 0.2) is 4.99 Å². The van der Waals surface area contributed by atoms with Crippen molar-refractivity contribution >= 4 is 19.9 Å². The molecule has 2 saturated carbocycles. The van der Waals surface area contributed by atoms with E-state index in [1.165, 1.54) is 23.7 Å². The van der Waals surface area contributed by atoms with Gasteiger partial charge in [0.2, 0.25) is 0 Å². The molecule has 10 radical (unpaired) electrons. The van der Waals surface area contributed by atoms with E-state index in [4.69, 9.17) is 19.6 Å². The molecule has 35 heavy (non-hydrogen) atoms. The molecule has 4 nitrogen and oxygen atoms in total. The molecule has 1 atom stereocenters. The van der Waals surface area contributed by atoms with Gasteiger partial charge in [0, 0.05) is 37.5 Å². The average molecular weight is 645 g/mol. The second-order valence-corrected chi connectivity index (χ2v) is 14.2. The maximum Gasteiger partial charge on any atom is 0.490 e. The zero-order chi connectivity index (χ0) is 25.3. The predicted octanol–water partition coefficient (Wildman–Crippen LogP) is 6.18. The molecule has 10 heteroatoms. The third-order valence-corrected chi connectivity index (χ3v) is 11.6. The second kappa shape index (κ2) is 16.9. The van der Waals surface area contributed by atoms with Crippen LogP contribution in [0.4, 0.5) is 13.2 Å². The minimum absolute atomic E-state index is 0. The first-order chi connectivity index (χ1) is 15.3. The number of alkyl halides is 3. The van der Waals surface area contributed by atoms with Crippen molar-refractivity contribution in [3.63, 3.8) is 0 Å². The molecule has 0 saturated heterocycles. The molecule has 0 aromatic rings. The number of carbonyl (C=O) groups is 1. The van der Waals surface area contributed by atoms with Crippen LogP contribution < -0.4 is 0 Å². The number of nitrogens with zero attached hydrogens (tertiary/aromatic N) is 1. The summed E-state index contributed by atoms with van der Waals surface area (Å²) in [4.78, 5) is 13.8. The van der Waals surface area contributed by atoms with Crippen molar-refractivity contribution in [2.45, 2.75) is 71.9 Å². The Balaban J connectivity index is 0. The summed E-state index contributed by atoms with van der Waals surface area (Å²) < 4.78 is 37.7. The molecule has 0 amide bonds. The van der Waals surface area contributed by atoms with Crippen LogP contribution in [0.2, 0.25) is 18.1 Å². The summed E-state index contributed by atoms with van der Waals surface area (Å²) in [5, 5.41) is 7.12. The van der Waals surface area contributed by atoms with Gasteiger partial charge in [-0.05, 0) is 43.1 Å². The molecule has 3 rings (SSSR count). The van der Waals surface area contributed by atoms with Crippen LogP contribution in [0, 0.1) is 68.2 Å². The van der Waals surface area contributed by atoms with Crippen molar-refractivity contribution in [1.29, 1.82) is 0 Å². The SMILES string of the molecule is CC[Si](CC)(CC)[C]1[CH][CH][C-][C]1C1=N[C@@H](C(C)(C)C)CO1.O=C(O)C(F)(F)F.[CH]1[CH][CH][CH][CH]1.[Fe].[Pd]. The van der Waals surface area contributed by atoms with Crippen LogP contribution in [0.1, 0.15) is 41.5 Å². The Morgan fingerprint density at radius 2 is 1.51 bits per heavy atom. The molecule has 0 aromatic heterocycles. The number of aliphatic imine (C=N–C) groups is 1. The molecule has 0 unspecified atom stereocenters. The Morgan fingerprint density at radius 1 is 1.09 bits per heavy atom. The van der Waals surface area contributed by atoms with E-state index in [0.717, 1.165) is 11.8 Å². The smallest absolute Gasteiger partial charge is 0.481 e. The van der Waals surface area contributed by atoms with Crippen LogP contribution in [0.25, 0.3) is 0 Å². The third-order valence-electron chi connectivity index (χ3n) is 6.01. The van der Waals surface area contributed by atoms with E-state index in [9.17, 15) is 13.2 Å². The van der Waals surface area contributed by atoms with E-state index in [2.05, 4.69) is 60.8 Å². The topological polar surface area (TPSA) is 58.9 Å². The fourth-order valence-electron chi connectivity index (χ4n) is 3.58. The second-order valence-electron chi connectivity index (χ2n) is 9.00. The molecular formula is C25H35F3FeNO3PdSi-. The number of carboxylic acids is 1. The number of ether oxygens (including phenoxy) is 1. The van der Waals surface area contributed by atoms with Gasteiger partial charge in [0.05, 0.1) is 14.1 Å². The number of aliphatic carboxylic acids is 1. The van der Waals surface area contributed by atoms with Crippen LogP contribution in [-0.2, 0) is 47.0 Å². The van der Waals surface area contributed by atoms with Crippen molar-refractivity contribution in [3.8, 4) is 0 Å². The number of rotatable bonds is 5. The van der Waals surface area contributed by atoms with E-state index in [0.29, 0.717) is 6.61 Å². The van der Waals surface area contributed by atoms with Crippen LogP contribution >= 0.6 is 0 Å². The van der Waals surface area contributed by atoms with Crippen LogP contribution in [0.3, 0.4) is 0 Å². The number of hydrogen-bond donors (Lipinski definition) is 1. The van der Waals surface area contributed by atoms with Gasteiger partial charge in [-0.1, -0.05) is 66.1 Å². The molecule has 0 spiro atoms. The zero-order valence-corrected chi connectivity index (χ0v) is 24.6. The average Bonchev–Trinajstić information content (AvgIpc) is 3.51. The summed E-state index contributed by atoms with van der Waals surface area (Å²) >= 11 is 0. The van der Waals surface area contributed by atoms with Crippen LogP contribution in [0.5, 0.6) is 0 Å². The minimum Gasteiger partial charge on any atom is -0.481 e. The normalized spacial score (nSPS) is 20.8. The number of halogens is 3. The van der Waals surface area contributed by atoms with E-state index in [1.54, 1.807) is 0 Å². The summed E-state index contributed by atoms with van der Waals surface area (Å²) in [6, 6.07) is 4.09. The van der Waals surface area contributed by atoms with Gasteiger partial charge in [-0.15, -0.1) is 5.92 Å². The predicted molar refractivity (Wildman–Crippen MR) is 127 cm³/mol. The Kier molecular flexibility index (Phi) is 18.0. The molecule has 3 aliphatic rings. The van der Waals surface area contributed by atoms with E-state index >= 15 is 0 Å². The van der Waals surface area contributed by atoms with Crippen LogP contribution in [-0.4, -0.2) is 43.9 Å². The van der Waals surface area contributed by atoms with Gasteiger partial charge in [-0.3, -0.25) is 4.99 Å². The molecule has 0 aromatic carbocycles. The fourth-order valence-corrected chi connectivity index (χ4v) is 7.37. The Bertz CT molecular complexity index is 621. The minimum atomic E-state index is -5.08.